The fourth-order valence-electron chi connectivity index (χ4n) is 6.71. The molecule has 3 N–H and O–H groups in total. The lowest BCUT2D eigenvalue weighted by Crippen LogP contribution is -2.46. The average molecular weight is 812 g/mol. The zero-order chi connectivity index (χ0) is 41.4. The Balaban J connectivity index is 4.35. The van der Waals surface area contributed by atoms with Crippen LogP contribution in [0.15, 0.2) is 36.5 Å². The number of nitrogens with one attached hydrogen (secondary N) is 1. The second-order valence-corrected chi connectivity index (χ2v) is 18.6. The number of hydrogen-bond donors (Lipinski definition) is 3. The summed E-state index contributed by atoms with van der Waals surface area (Å²) in [5, 5.41) is 14.0. The lowest BCUT2D eigenvalue weighted by Gasteiger charge is -2.26. The van der Waals surface area contributed by atoms with Gasteiger partial charge in [0.15, 0.2) is 0 Å². The van der Waals surface area contributed by atoms with Crippen LogP contribution in [0.1, 0.15) is 206 Å². The molecule has 330 valence electrons. The molecule has 0 aromatic carbocycles. The van der Waals surface area contributed by atoms with E-state index >= 15 is 0 Å². The summed E-state index contributed by atoms with van der Waals surface area (Å²) in [6.07, 6.45) is 47.4. The molecular formula is C47H92N2O6P+. The van der Waals surface area contributed by atoms with Crippen molar-refractivity contribution in [3.05, 3.63) is 36.5 Å². The molecule has 3 unspecified atom stereocenters. The van der Waals surface area contributed by atoms with Crippen molar-refractivity contribution in [1.29, 1.82) is 0 Å². The summed E-state index contributed by atoms with van der Waals surface area (Å²) in [6, 6.07) is -0.765. The molecule has 0 aliphatic carbocycles. The van der Waals surface area contributed by atoms with Gasteiger partial charge in [-0.05, 0) is 44.9 Å². The molecule has 0 bridgehead atoms. The summed E-state index contributed by atoms with van der Waals surface area (Å²) in [5.41, 5.74) is 0. The fraction of sp³-hybridized carbons (Fsp3) is 0.851. The van der Waals surface area contributed by atoms with Crippen molar-refractivity contribution in [2.45, 2.75) is 219 Å². The molecule has 9 heteroatoms. The van der Waals surface area contributed by atoms with Crippen LogP contribution >= 0.6 is 7.82 Å². The number of nitrogens with zero attached hydrogens (tertiary/aromatic N) is 1. The van der Waals surface area contributed by atoms with Crippen LogP contribution in [0, 0.1) is 0 Å². The van der Waals surface area contributed by atoms with E-state index in [1.807, 2.05) is 21.1 Å². The van der Waals surface area contributed by atoms with Gasteiger partial charge in [-0.2, -0.15) is 0 Å². The van der Waals surface area contributed by atoms with E-state index < -0.39 is 20.0 Å². The lowest BCUT2D eigenvalue weighted by molar-refractivity contribution is -0.870. The fourth-order valence-corrected chi connectivity index (χ4v) is 7.44. The van der Waals surface area contributed by atoms with Crippen LogP contribution < -0.4 is 5.32 Å². The molecular weight excluding hydrogens is 719 g/mol. The van der Waals surface area contributed by atoms with Gasteiger partial charge in [0.2, 0.25) is 5.91 Å². The Hall–Kier alpha value is -1.28. The monoisotopic (exact) mass is 812 g/mol. The van der Waals surface area contributed by atoms with E-state index in [9.17, 15) is 19.4 Å². The van der Waals surface area contributed by atoms with Gasteiger partial charge in [-0.25, -0.2) is 4.57 Å². The molecule has 1 amide bonds. The van der Waals surface area contributed by atoms with E-state index in [1.165, 1.54) is 116 Å². The Morgan fingerprint density at radius 2 is 1.07 bits per heavy atom. The van der Waals surface area contributed by atoms with Crippen LogP contribution in [0.2, 0.25) is 0 Å². The molecule has 0 spiro atoms. The van der Waals surface area contributed by atoms with E-state index in [-0.39, 0.29) is 19.1 Å². The van der Waals surface area contributed by atoms with Crippen LogP contribution in [0.25, 0.3) is 0 Å². The first-order valence-electron chi connectivity index (χ1n) is 23.4. The van der Waals surface area contributed by atoms with Crippen LogP contribution in [0.3, 0.4) is 0 Å². The number of phosphoric acid groups is 1. The van der Waals surface area contributed by atoms with Crippen molar-refractivity contribution in [3.8, 4) is 0 Å². The highest BCUT2D eigenvalue weighted by Gasteiger charge is 2.28. The van der Waals surface area contributed by atoms with Gasteiger partial charge in [-0.15, -0.1) is 0 Å². The summed E-state index contributed by atoms with van der Waals surface area (Å²) in [6.45, 7) is 4.77. The Morgan fingerprint density at radius 3 is 1.57 bits per heavy atom. The molecule has 3 atom stereocenters. The highest BCUT2D eigenvalue weighted by atomic mass is 31.2. The number of allylic oxidation sites excluding steroid dienone is 6. The zero-order valence-corrected chi connectivity index (χ0v) is 38.3. The predicted molar refractivity (Wildman–Crippen MR) is 240 cm³/mol. The molecule has 0 aromatic rings. The number of hydrogen-bond acceptors (Lipinski definition) is 5. The first-order valence-corrected chi connectivity index (χ1v) is 24.8. The minimum Gasteiger partial charge on any atom is -0.391 e. The van der Waals surface area contributed by atoms with E-state index in [1.54, 1.807) is 0 Å². The molecule has 0 aromatic heterocycles. The van der Waals surface area contributed by atoms with Gasteiger partial charge in [0, 0.05) is 6.42 Å². The Morgan fingerprint density at radius 1 is 0.625 bits per heavy atom. The maximum atomic E-state index is 12.9. The smallest absolute Gasteiger partial charge is 0.391 e. The molecule has 56 heavy (non-hydrogen) atoms. The Bertz CT molecular complexity index is 1010. The molecule has 0 rings (SSSR count). The number of quaternary nitrogens is 1. The van der Waals surface area contributed by atoms with Crippen LogP contribution in [-0.4, -0.2) is 73.4 Å². The number of aliphatic hydroxyl groups excluding tert-OH is 1. The van der Waals surface area contributed by atoms with Gasteiger partial charge >= 0.3 is 7.82 Å². The number of likely N-dealkylation sites (N-methyl/N-ethyl adjacent to an activating group) is 1. The summed E-state index contributed by atoms with van der Waals surface area (Å²) in [5.74, 6) is -0.155. The van der Waals surface area contributed by atoms with Gasteiger partial charge in [0.25, 0.3) is 0 Å². The minimum atomic E-state index is -4.32. The highest BCUT2D eigenvalue weighted by molar-refractivity contribution is 7.47. The second-order valence-electron chi connectivity index (χ2n) is 17.1. The molecule has 0 saturated heterocycles. The van der Waals surface area contributed by atoms with Gasteiger partial charge in [0.1, 0.15) is 13.2 Å². The minimum absolute atomic E-state index is 0.0720. The standard InChI is InChI=1S/C47H91N2O6P/c1-6-8-10-12-14-16-18-20-22-24-26-28-30-32-34-36-38-40-46(50)45(44-55-56(52,53)54-43-42-49(3,4)5)48-47(51)41-39-37-35-33-31-29-27-25-23-21-19-17-15-13-11-9-7-2/h9,11,15,17,21,23,45-46,50H,6-8,10,12-14,16,18-20,22,24-44H2,1-5H3,(H-,48,51,52,53)/p+1/b11-9-,17-15-,23-21-. The van der Waals surface area contributed by atoms with E-state index in [2.05, 4.69) is 55.6 Å². The van der Waals surface area contributed by atoms with Crippen LogP contribution in [0.5, 0.6) is 0 Å². The van der Waals surface area contributed by atoms with Gasteiger partial charge in [-0.3, -0.25) is 13.8 Å². The summed E-state index contributed by atoms with van der Waals surface area (Å²) in [7, 11) is 1.61. The first-order chi connectivity index (χ1) is 27.0. The van der Waals surface area contributed by atoms with Gasteiger partial charge < -0.3 is 19.8 Å². The number of amides is 1. The molecule has 0 heterocycles. The molecule has 0 aliphatic heterocycles. The molecule has 0 fully saturated rings. The molecule has 0 radical (unpaired) electrons. The summed E-state index contributed by atoms with van der Waals surface area (Å²) in [4.78, 5) is 23.2. The topological polar surface area (TPSA) is 105 Å². The quantitative estimate of drug-likeness (QED) is 0.0245. The maximum absolute atomic E-state index is 12.9. The van der Waals surface area contributed by atoms with Crippen molar-refractivity contribution >= 4 is 13.7 Å². The van der Waals surface area contributed by atoms with Crippen LogP contribution in [-0.2, 0) is 18.4 Å². The lowest BCUT2D eigenvalue weighted by atomic mass is 10.0. The highest BCUT2D eigenvalue weighted by Crippen LogP contribution is 2.43. The number of carbonyl (C=O) groups excluding carboxylic acids is 1. The van der Waals surface area contributed by atoms with E-state index in [0.29, 0.717) is 23.9 Å². The van der Waals surface area contributed by atoms with E-state index in [0.717, 1.165) is 64.2 Å². The molecule has 0 saturated carbocycles. The zero-order valence-electron chi connectivity index (χ0n) is 37.4. The van der Waals surface area contributed by atoms with Crippen molar-refractivity contribution in [1.82, 2.24) is 5.32 Å². The Kier molecular flexibility index (Phi) is 38.3. The van der Waals surface area contributed by atoms with Crippen molar-refractivity contribution < 1.29 is 32.9 Å². The summed E-state index contributed by atoms with van der Waals surface area (Å²) < 4.78 is 23.7. The van der Waals surface area contributed by atoms with Crippen LogP contribution in [0.4, 0.5) is 0 Å². The second kappa shape index (κ2) is 39.2. The molecule has 8 nitrogen and oxygen atoms in total. The molecule has 0 aliphatic rings. The Labute approximate surface area is 347 Å². The van der Waals surface area contributed by atoms with Crippen molar-refractivity contribution in [2.75, 3.05) is 40.9 Å². The third-order valence-electron chi connectivity index (χ3n) is 10.4. The maximum Gasteiger partial charge on any atom is 0.472 e. The van der Waals surface area contributed by atoms with Gasteiger partial charge in [0.05, 0.1) is 39.9 Å². The van der Waals surface area contributed by atoms with Crippen molar-refractivity contribution in [2.24, 2.45) is 0 Å². The number of aliphatic hydroxyl groups is 1. The van der Waals surface area contributed by atoms with Gasteiger partial charge in [-0.1, -0.05) is 192 Å². The normalized spacial score (nSPS) is 14.6. The SMILES string of the molecule is CC/C=C\C/C=C\C/C=C\CCCCCCCCCC(=O)NC(COP(=O)(O)OCC[N+](C)(C)C)C(O)CCCCCCCCCCCCCCCCCCC. The number of carbonyl (C=O) groups is 1. The predicted octanol–water partition coefficient (Wildman–Crippen LogP) is 13.1. The average Bonchev–Trinajstić information content (AvgIpc) is 3.15. The number of rotatable bonds is 42. The first kappa shape index (κ1) is 54.7. The summed E-state index contributed by atoms with van der Waals surface area (Å²) >= 11 is 0. The number of unbranched alkanes of at least 4 members (excludes halogenated alkanes) is 23. The number of phosphoric ester groups is 1. The third kappa shape index (κ3) is 40.9. The third-order valence-corrected chi connectivity index (χ3v) is 11.4. The van der Waals surface area contributed by atoms with Crippen molar-refractivity contribution in [3.63, 3.8) is 0 Å². The van der Waals surface area contributed by atoms with E-state index in [4.69, 9.17) is 9.05 Å². The largest absolute Gasteiger partial charge is 0.472 e.